The summed E-state index contributed by atoms with van der Waals surface area (Å²) in [5.74, 6) is -0.586. The minimum Gasteiger partial charge on any atom is -0.461 e. The Kier molecular flexibility index (Phi) is 15.3. The number of aliphatic hydroxyl groups is 1. The molecule has 126 valence electrons. The van der Waals surface area contributed by atoms with Crippen LogP contribution in [0, 0.1) is 0 Å². The Balaban J connectivity index is 3.04. The van der Waals surface area contributed by atoms with Crippen molar-refractivity contribution >= 4 is 5.97 Å². The summed E-state index contributed by atoms with van der Waals surface area (Å²) in [4.78, 5) is 10.9. The minimum absolute atomic E-state index is 0.224. The fraction of sp³-hybridized carbons (Fsp3) is 0.941. The molecule has 0 aliphatic heterocycles. The topological polar surface area (TPSA) is 55.8 Å². The minimum atomic E-state index is -1.05. The van der Waals surface area contributed by atoms with Crippen molar-refractivity contribution in [1.82, 2.24) is 0 Å². The molecule has 0 aliphatic rings. The van der Waals surface area contributed by atoms with Crippen molar-refractivity contribution in [1.29, 1.82) is 0 Å². The van der Waals surface area contributed by atoms with Gasteiger partial charge in [0.2, 0.25) is 0 Å². The van der Waals surface area contributed by atoms with E-state index >= 15 is 0 Å². The van der Waals surface area contributed by atoms with Gasteiger partial charge >= 0.3 is 5.97 Å². The molecule has 0 rings (SSSR count). The third-order valence-corrected chi connectivity index (χ3v) is 3.46. The third kappa shape index (κ3) is 15.6. The van der Waals surface area contributed by atoms with E-state index in [1.807, 2.05) is 0 Å². The number of carbonyl (C=O) groups excluding carboxylic acids is 1. The Bertz CT molecular complexity index is 229. The van der Waals surface area contributed by atoms with Crippen LogP contribution >= 0.6 is 0 Å². The first-order valence-corrected chi connectivity index (χ1v) is 8.61. The van der Waals surface area contributed by atoms with E-state index in [9.17, 15) is 4.79 Å². The summed E-state index contributed by atoms with van der Waals surface area (Å²) in [7, 11) is 0. The second-order valence-electron chi connectivity index (χ2n) is 5.64. The number of esters is 1. The highest BCUT2D eigenvalue weighted by Gasteiger charge is 2.08. The van der Waals surface area contributed by atoms with Gasteiger partial charge in [-0.1, -0.05) is 64.7 Å². The Morgan fingerprint density at radius 3 is 1.90 bits per heavy atom. The molecule has 0 saturated carbocycles. The molecular formula is C17H34O4. The second kappa shape index (κ2) is 15.8. The highest BCUT2D eigenvalue weighted by Crippen LogP contribution is 2.10. The molecule has 1 N–H and O–H groups in total. The number of ether oxygens (including phenoxy) is 2. The van der Waals surface area contributed by atoms with Crippen LogP contribution < -0.4 is 0 Å². The van der Waals surface area contributed by atoms with Crippen LogP contribution in [0.25, 0.3) is 0 Å². The SMILES string of the molecule is CCCCCCCCCCCCOCCOC(=O)[C@H](C)O. The Labute approximate surface area is 130 Å². The summed E-state index contributed by atoms with van der Waals surface area (Å²) in [5, 5.41) is 8.91. The van der Waals surface area contributed by atoms with Gasteiger partial charge in [-0.05, 0) is 13.3 Å². The van der Waals surface area contributed by atoms with Crippen LogP contribution in [0.5, 0.6) is 0 Å². The molecule has 0 aromatic rings. The molecule has 0 heterocycles. The van der Waals surface area contributed by atoms with Crippen LogP contribution in [-0.2, 0) is 14.3 Å². The highest BCUT2D eigenvalue weighted by atomic mass is 16.6. The van der Waals surface area contributed by atoms with Crippen molar-refractivity contribution < 1.29 is 19.4 Å². The van der Waals surface area contributed by atoms with E-state index in [-0.39, 0.29) is 6.61 Å². The van der Waals surface area contributed by atoms with Gasteiger partial charge in [0.05, 0.1) is 6.61 Å². The first kappa shape index (κ1) is 20.4. The van der Waals surface area contributed by atoms with Crippen molar-refractivity contribution in [3.63, 3.8) is 0 Å². The van der Waals surface area contributed by atoms with Gasteiger partial charge in [-0.3, -0.25) is 0 Å². The van der Waals surface area contributed by atoms with Gasteiger partial charge < -0.3 is 14.6 Å². The molecule has 0 aliphatic carbocycles. The molecule has 4 heteroatoms. The van der Waals surface area contributed by atoms with Gasteiger partial charge in [0.25, 0.3) is 0 Å². The van der Waals surface area contributed by atoms with Crippen LogP contribution in [0.15, 0.2) is 0 Å². The largest absolute Gasteiger partial charge is 0.461 e. The van der Waals surface area contributed by atoms with Gasteiger partial charge in [0.15, 0.2) is 0 Å². The van der Waals surface area contributed by atoms with E-state index in [0.29, 0.717) is 6.61 Å². The van der Waals surface area contributed by atoms with Gasteiger partial charge in [-0.15, -0.1) is 0 Å². The third-order valence-electron chi connectivity index (χ3n) is 3.46. The average molecular weight is 302 g/mol. The van der Waals surface area contributed by atoms with Gasteiger partial charge in [-0.25, -0.2) is 4.79 Å². The van der Waals surface area contributed by atoms with E-state index < -0.39 is 12.1 Å². The maximum atomic E-state index is 10.9. The molecule has 0 aromatic carbocycles. The summed E-state index contributed by atoms with van der Waals surface area (Å²) in [5.41, 5.74) is 0. The molecule has 0 bridgehead atoms. The van der Waals surface area contributed by atoms with E-state index in [0.717, 1.165) is 13.0 Å². The van der Waals surface area contributed by atoms with Crippen molar-refractivity contribution in [2.75, 3.05) is 19.8 Å². The maximum absolute atomic E-state index is 10.9. The zero-order valence-corrected chi connectivity index (χ0v) is 13.9. The van der Waals surface area contributed by atoms with Crippen molar-refractivity contribution in [2.45, 2.75) is 84.2 Å². The maximum Gasteiger partial charge on any atom is 0.334 e. The van der Waals surface area contributed by atoms with E-state index in [2.05, 4.69) is 6.92 Å². The molecular weight excluding hydrogens is 268 g/mol. The first-order chi connectivity index (χ1) is 10.2. The summed E-state index contributed by atoms with van der Waals surface area (Å²) in [6, 6.07) is 0. The lowest BCUT2D eigenvalue weighted by Gasteiger charge is -2.07. The summed E-state index contributed by atoms with van der Waals surface area (Å²) in [6.07, 6.45) is 12.1. The van der Waals surface area contributed by atoms with Crippen LogP contribution in [-0.4, -0.2) is 37.0 Å². The highest BCUT2D eigenvalue weighted by molar-refractivity contribution is 5.73. The van der Waals surface area contributed by atoms with Crippen molar-refractivity contribution in [3.8, 4) is 0 Å². The van der Waals surface area contributed by atoms with Crippen LogP contribution in [0.3, 0.4) is 0 Å². The Hall–Kier alpha value is -0.610. The number of unbranched alkanes of at least 4 members (excludes halogenated alkanes) is 9. The van der Waals surface area contributed by atoms with Gasteiger partial charge in [0.1, 0.15) is 12.7 Å². The monoisotopic (exact) mass is 302 g/mol. The number of rotatable bonds is 15. The van der Waals surface area contributed by atoms with Gasteiger partial charge in [-0.2, -0.15) is 0 Å². The van der Waals surface area contributed by atoms with Gasteiger partial charge in [0, 0.05) is 6.61 Å². The molecule has 21 heavy (non-hydrogen) atoms. The molecule has 0 unspecified atom stereocenters. The molecule has 0 aromatic heterocycles. The summed E-state index contributed by atoms with van der Waals surface area (Å²) in [6.45, 7) is 5.01. The standard InChI is InChI=1S/C17H34O4/c1-3-4-5-6-7-8-9-10-11-12-13-20-14-15-21-17(19)16(2)18/h16,18H,3-15H2,1-2H3/t16-/m0/s1. The van der Waals surface area contributed by atoms with E-state index in [1.54, 1.807) is 0 Å². The fourth-order valence-electron chi connectivity index (χ4n) is 2.12. The Morgan fingerprint density at radius 1 is 0.857 bits per heavy atom. The predicted molar refractivity (Wildman–Crippen MR) is 85.3 cm³/mol. The van der Waals surface area contributed by atoms with Crippen LogP contribution in [0.4, 0.5) is 0 Å². The zero-order chi connectivity index (χ0) is 15.8. The van der Waals surface area contributed by atoms with Crippen molar-refractivity contribution in [2.24, 2.45) is 0 Å². The zero-order valence-electron chi connectivity index (χ0n) is 13.9. The summed E-state index contributed by atoms with van der Waals surface area (Å²) >= 11 is 0. The normalized spacial score (nSPS) is 12.3. The number of hydrogen-bond donors (Lipinski definition) is 1. The van der Waals surface area contributed by atoms with Crippen LogP contribution in [0.2, 0.25) is 0 Å². The quantitative estimate of drug-likeness (QED) is 0.369. The lowest BCUT2D eigenvalue weighted by atomic mass is 10.1. The van der Waals surface area contributed by atoms with Crippen LogP contribution in [0.1, 0.15) is 78.1 Å². The molecule has 1 atom stereocenters. The molecule has 0 amide bonds. The van der Waals surface area contributed by atoms with Crippen molar-refractivity contribution in [3.05, 3.63) is 0 Å². The fourth-order valence-corrected chi connectivity index (χ4v) is 2.12. The summed E-state index contributed by atoms with van der Waals surface area (Å²) < 4.78 is 10.2. The smallest absolute Gasteiger partial charge is 0.334 e. The lowest BCUT2D eigenvalue weighted by Crippen LogP contribution is -2.21. The Morgan fingerprint density at radius 2 is 1.38 bits per heavy atom. The molecule has 0 spiro atoms. The molecule has 0 fully saturated rings. The van der Waals surface area contributed by atoms with E-state index in [4.69, 9.17) is 14.6 Å². The number of carbonyl (C=O) groups is 1. The first-order valence-electron chi connectivity index (χ1n) is 8.61. The lowest BCUT2D eigenvalue weighted by molar-refractivity contribution is -0.154. The number of aliphatic hydroxyl groups excluding tert-OH is 1. The molecule has 0 radical (unpaired) electrons. The average Bonchev–Trinajstić information content (AvgIpc) is 2.47. The predicted octanol–water partition coefficient (Wildman–Crippen LogP) is 3.85. The molecule has 4 nitrogen and oxygen atoms in total. The number of hydrogen-bond acceptors (Lipinski definition) is 4. The van der Waals surface area contributed by atoms with E-state index in [1.165, 1.54) is 64.7 Å². The molecule has 0 saturated heterocycles. The second-order valence-corrected chi connectivity index (χ2v) is 5.64.